The van der Waals surface area contributed by atoms with E-state index in [1.54, 1.807) is 6.07 Å². The summed E-state index contributed by atoms with van der Waals surface area (Å²) in [5.74, 6) is 0.711. The molecule has 5 heteroatoms. The van der Waals surface area contributed by atoms with Crippen LogP contribution in [0.25, 0.3) is 0 Å². The quantitative estimate of drug-likeness (QED) is 0.905. The lowest BCUT2D eigenvalue weighted by Crippen LogP contribution is -2.46. The molecule has 1 saturated heterocycles. The van der Waals surface area contributed by atoms with Crippen molar-refractivity contribution < 1.29 is 9.90 Å². The largest absolute Gasteiger partial charge is 0.391 e. The van der Waals surface area contributed by atoms with Gasteiger partial charge in [-0.05, 0) is 42.4 Å². The molecule has 3 nitrogen and oxygen atoms in total. The maximum Gasteiger partial charge on any atom is 0.226 e. The topological polar surface area (TPSA) is 40.5 Å². The van der Waals surface area contributed by atoms with E-state index in [2.05, 4.69) is 0 Å². The molecule has 1 heterocycles. The molecule has 2 aliphatic rings. The number of benzene rings is 1. The van der Waals surface area contributed by atoms with Crippen molar-refractivity contribution in [3.8, 4) is 0 Å². The maximum absolute atomic E-state index is 12.5. The van der Waals surface area contributed by atoms with Gasteiger partial charge in [-0.1, -0.05) is 36.2 Å². The highest BCUT2D eigenvalue weighted by atomic mass is 35.5. The van der Waals surface area contributed by atoms with Gasteiger partial charge in [-0.2, -0.15) is 0 Å². The average molecular weight is 328 g/mol. The summed E-state index contributed by atoms with van der Waals surface area (Å²) in [5, 5.41) is 11.0. The molecule has 1 saturated carbocycles. The third-order valence-corrected chi connectivity index (χ3v) is 5.45. The van der Waals surface area contributed by atoms with Crippen LogP contribution in [0, 0.1) is 11.8 Å². The Balaban J connectivity index is 1.64. The number of hydrogen-bond donors (Lipinski definition) is 1. The smallest absolute Gasteiger partial charge is 0.226 e. The molecule has 0 spiro atoms. The van der Waals surface area contributed by atoms with Crippen molar-refractivity contribution in [2.75, 3.05) is 13.1 Å². The number of hydrogen-bond acceptors (Lipinski definition) is 2. The molecule has 1 aliphatic heterocycles. The van der Waals surface area contributed by atoms with Gasteiger partial charge in [0.05, 0.1) is 16.1 Å². The molecule has 114 valence electrons. The zero-order chi connectivity index (χ0) is 15.1. The minimum atomic E-state index is -0.398. The summed E-state index contributed by atoms with van der Waals surface area (Å²) >= 11 is 12.0. The summed E-state index contributed by atoms with van der Waals surface area (Å²) in [6.07, 6.45) is 1.33. The Bertz CT molecular complexity index is 563. The molecule has 0 aromatic heterocycles. The van der Waals surface area contributed by atoms with Crippen LogP contribution in [0.2, 0.25) is 10.0 Å². The number of aliphatic hydroxyl groups is 1. The van der Waals surface area contributed by atoms with Crippen LogP contribution in [-0.4, -0.2) is 35.1 Å². The minimum absolute atomic E-state index is 0.0304. The van der Waals surface area contributed by atoms with Crippen LogP contribution < -0.4 is 0 Å². The number of piperidine rings is 1. The van der Waals surface area contributed by atoms with Gasteiger partial charge in [0.1, 0.15) is 0 Å². The molecule has 3 rings (SSSR count). The van der Waals surface area contributed by atoms with Crippen LogP contribution in [0.15, 0.2) is 18.2 Å². The lowest BCUT2D eigenvalue weighted by atomic mass is 9.95. The second-order valence-corrected chi connectivity index (χ2v) is 7.05. The Morgan fingerprint density at radius 2 is 2.10 bits per heavy atom. The zero-order valence-corrected chi connectivity index (χ0v) is 13.4. The van der Waals surface area contributed by atoms with E-state index in [1.807, 2.05) is 24.0 Å². The van der Waals surface area contributed by atoms with Gasteiger partial charge in [-0.3, -0.25) is 4.79 Å². The molecule has 1 aliphatic carbocycles. The predicted octanol–water partition coefficient (Wildman–Crippen LogP) is 3.33. The van der Waals surface area contributed by atoms with Crippen LogP contribution in [-0.2, 0) is 4.79 Å². The zero-order valence-electron chi connectivity index (χ0n) is 11.9. The highest BCUT2D eigenvalue weighted by molar-refractivity contribution is 6.42. The Hall–Kier alpha value is -0.770. The van der Waals surface area contributed by atoms with Crippen molar-refractivity contribution in [3.05, 3.63) is 33.8 Å². The number of carbonyl (C=O) groups is 1. The lowest BCUT2D eigenvalue weighted by molar-refractivity contribution is -0.136. The van der Waals surface area contributed by atoms with Crippen LogP contribution in [0.5, 0.6) is 0 Å². The van der Waals surface area contributed by atoms with Gasteiger partial charge in [0.25, 0.3) is 0 Å². The Labute approximate surface area is 134 Å². The number of β-amino-alcohol motifs (C(OH)–C–C–N with tert-alkyl or cyclic N) is 1. The minimum Gasteiger partial charge on any atom is -0.391 e. The SMILES string of the molecule is CC1CCN(C(=O)C2CC2c2ccc(Cl)c(Cl)c2)CC1O. The average Bonchev–Trinajstić information content (AvgIpc) is 3.24. The highest BCUT2D eigenvalue weighted by Gasteiger charge is 2.46. The van der Waals surface area contributed by atoms with E-state index in [9.17, 15) is 9.90 Å². The van der Waals surface area contributed by atoms with E-state index in [1.165, 1.54) is 0 Å². The molecule has 4 unspecified atom stereocenters. The van der Waals surface area contributed by atoms with Crippen molar-refractivity contribution in [2.24, 2.45) is 11.8 Å². The molecular weight excluding hydrogens is 309 g/mol. The summed E-state index contributed by atoms with van der Waals surface area (Å²) in [5.41, 5.74) is 1.08. The van der Waals surface area contributed by atoms with Crippen molar-refractivity contribution >= 4 is 29.1 Å². The molecule has 0 bridgehead atoms. The van der Waals surface area contributed by atoms with Gasteiger partial charge < -0.3 is 10.0 Å². The molecule has 1 aromatic rings. The number of carbonyl (C=O) groups excluding carboxylic acids is 1. The molecule has 4 atom stereocenters. The summed E-state index contributed by atoms with van der Waals surface area (Å²) in [4.78, 5) is 14.3. The van der Waals surface area contributed by atoms with E-state index in [4.69, 9.17) is 23.2 Å². The molecular formula is C16H19Cl2NO2. The van der Waals surface area contributed by atoms with Gasteiger partial charge in [0.15, 0.2) is 0 Å². The molecule has 1 amide bonds. The standard InChI is InChI=1S/C16H19Cl2NO2/c1-9-4-5-19(8-15(9)20)16(21)12-7-11(12)10-2-3-13(17)14(18)6-10/h2-3,6,9,11-12,15,20H,4-5,7-8H2,1H3. The number of likely N-dealkylation sites (tertiary alicyclic amines) is 1. The fourth-order valence-corrected chi connectivity index (χ4v) is 3.37. The highest BCUT2D eigenvalue weighted by Crippen LogP contribution is 2.49. The fraction of sp³-hybridized carbons (Fsp3) is 0.562. The first-order valence-electron chi connectivity index (χ1n) is 7.39. The van der Waals surface area contributed by atoms with Gasteiger partial charge in [0, 0.05) is 19.0 Å². The van der Waals surface area contributed by atoms with Gasteiger partial charge >= 0.3 is 0 Å². The first-order valence-corrected chi connectivity index (χ1v) is 8.14. The third kappa shape index (κ3) is 3.05. The monoisotopic (exact) mass is 327 g/mol. The number of nitrogens with zero attached hydrogens (tertiary/aromatic N) is 1. The predicted molar refractivity (Wildman–Crippen MR) is 83.7 cm³/mol. The summed E-state index contributed by atoms with van der Waals surface area (Å²) < 4.78 is 0. The number of halogens is 2. The summed E-state index contributed by atoms with van der Waals surface area (Å²) in [6.45, 7) is 3.24. The van der Waals surface area contributed by atoms with Crippen LogP contribution in [0.4, 0.5) is 0 Å². The molecule has 1 aromatic carbocycles. The lowest BCUT2D eigenvalue weighted by Gasteiger charge is -2.34. The Kier molecular flexibility index (Phi) is 4.17. The summed E-state index contributed by atoms with van der Waals surface area (Å²) in [7, 11) is 0. The molecule has 21 heavy (non-hydrogen) atoms. The second-order valence-electron chi connectivity index (χ2n) is 6.24. The van der Waals surface area contributed by atoms with E-state index in [-0.39, 0.29) is 23.7 Å². The molecule has 1 N–H and O–H groups in total. The van der Waals surface area contributed by atoms with E-state index in [0.717, 1.165) is 24.9 Å². The Morgan fingerprint density at radius 1 is 1.33 bits per heavy atom. The summed E-state index contributed by atoms with van der Waals surface area (Å²) in [6, 6.07) is 5.58. The van der Waals surface area contributed by atoms with E-state index >= 15 is 0 Å². The van der Waals surface area contributed by atoms with Crippen molar-refractivity contribution in [3.63, 3.8) is 0 Å². The van der Waals surface area contributed by atoms with E-state index < -0.39 is 6.10 Å². The normalized spacial score (nSPS) is 32.1. The van der Waals surface area contributed by atoms with Gasteiger partial charge in [-0.15, -0.1) is 0 Å². The van der Waals surface area contributed by atoms with Crippen LogP contribution in [0.3, 0.4) is 0 Å². The van der Waals surface area contributed by atoms with Gasteiger partial charge in [0.2, 0.25) is 5.91 Å². The van der Waals surface area contributed by atoms with Crippen LogP contribution >= 0.6 is 23.2 Å². The third-order valence-electron chi connectivity index (χ3n) is 4.71. The maximum atomic E-state index is 12.5. The van der Waals surface area contributed by atoms with Crippen LogP contribution in [0.1, 0.15) is 31.2 Å². The van der Waals surface area contributed by atoms with Crippen molar-refractivity contribution in [1.29, 1.82) is 0 Å². The van der Waals surface area contributed by atoms with E-state index in [0.29, 0.717) is 16.6 Å². The van der Waals surface area contributed by atoms with Crippen molar-refractivity contribution in [1.82, 2.24) is 4.90 Å². The first-order chi connectivity index (χ1) is 9.97. The second kappa shape index (κ2) is 5.79. The van der Waals surface area contributed by atoms with Crippen molar-refractivity contribution in [2.45, 2.75) is 31.8 Å². The number of rotatable bonds is 2. The fourth-order valence-electron chi connectivity index (χ4n) is 3.06. The molecule has 2 fully saturated rings. The van der Waals surface area contributed by atoms with Gasteiger partial charge in [-0.25, -0.2) is 0 Å². The number of aliphatic hydroxyl groups excluding tert-OH is 1. The number of amides is 1. The Morgan fingerprint density at radius 3 is 2.76 bits per heavy atom. The first kappa shape index (κ1) is 15.1. The molecule has 0 radical (unpaired) electrons.